The molecule has 0 fully saturated rings. The van der Waals surface area contributed by atoms with Crippen LogP contribution in [0.15, 0.2) is 12.1 Å². The van der Waals surface area contributed by atoms with Crippen LogP contribution < -0.4 is 5.32 Å². The molecule has 0 unspecified atom stereocenters. The number of carbonyl (C=O) groups excluding carboxylic acids is 1. The number of aromatic nitrogens is 1. The van der Waals surface area contributed by atoms with Crippen LogP contribution in [-0.4, -0.2) is 17.3 Å². The van der Waals surface area contributed by atoms with Gasteiger partial charge < -0.3 is 5.32 Å². The van der Waals surface area contributed by atoms with E-state index in [9.17, 15) is 4.79 Å². The van der Waals surface area contributed by atoms with Crippen molar-refractivity contribution in [2.75, 3.05) is 11.9 Å². The number of carbonyl (C=O) groups is 1. The maximum absolute atomic E-state index is 12.2. The van der Waals surface area contributed by atoms with E-state index >= 15 is 0 Å². The predicted octanol–water partition coefficient (Wildman–Crippen LogP) is 4.62. The molecule has 1 aromatic heterocycles. The third kappa shape index (κ3) is 5.32. The second-order valence-electron chi connectivity index (χ2n) is 5.26. The number of aryl methyl sites for hydroxylation is 1. The normalized spacial score (nSPS) is 10.6. The third-order valence-electron chi connectivity index (χ3n) is 3.33. The van der Waals surface area contributed by atoms with E-state index in [0.717, 1.165) is 43.6 Å². The van der Waals surface area contributed by atoms with E-state index in [0.29, 0.717) is 12.1 Å². The van der Waals surface area contributed by atoms with Gasteiger partial charge in [-0.25, -0.2) is 4.98 Å². The third-order valence-corrected chi connectivity index (χ3v) is 3.33. The van der Waals surface area contributed by atoms with E-state index in [4.69, 9.17) is 0 Å². The molecule has 112 valence electrons. The van der Waals surface area contributed by atoms with Crippen LogP contribution in [0, 0.1) is 0 Å². The maximum Gasteiger partial charge on any atom is 0.181 e. The van der Waals surface area contributed by atoms with E-state index in [1.165, 1.54) is 12.8 Å². The first-order valence-electron chi connectivity index (χ1n) is 7.99. The zero-order chi connectivity index (χ0) is 14.8. The Morgan fingerprint density at radius 3 is 2.55 bits per heavy atom. The van der Waals surface area contributed by atoms with E-state index in [2.05, 4.69) is 30.2 Å². The number of nitrogens with zero attached hydrogens (tertiary/aromatic N) is 1. The molecule has 1 heterocycles. The number of anilines is 1. The summed E-state index contributed by atoms with van der Waals surface area (Å²) in [5.74, 6) is 1.01. The maximum atomic E-state index is 12.2. The van der Waals surface area contributed by atoms with Crippen LogP contribution in [0.5, 0.6) is 0 Å². The number of unbranched alkanes of at least 4 members (excludes halogenated alkanes) is 2. The Labute approximate surface area is 123 Å². The summed E-state index contributed by atoms with van der Waals surface area (Å²) < 4.78 is 0. The molecule has 1 rings (SSSR count). The zero-order valence-electron chi connectivity index (χ0n) is 13.2. The average molecular weight is 276 g/mol. The smallest absolute Gasteiger partial charge is 0.181 e. The van der Waals surface area contributed by atoms with Gasteiger partial charge in [-0.1, -0.05) is 46.1 Å². The van der Waals surface area contributed by atoms with Gasteiger partial charge in [0.1, 0.15) is 11.5 Å². The van der Waals surface area contributed by atoms with Crippen molar-refractivity contribution in [3.05, 3.63) is 23.4 Å². The van der Waals surface area contributed by atoms with Gasteiger partial charge >= 0.3 is 0 Å². The monoisotopic (exact) mass is 276 g/mol. The van der Waals surface area contributed by atoms with Gasteiger partial charge in [-0.15, -0.1) is 0 Å². The van der Waals surface area contributed by atoms with Crippen molar-refractivity contribution in [1.82, 2.24) is 4.98 Å². The van der Waals surface area contributed by atoms with E-state index < -0.39 is 0 Å². The van der Waals surface area contributed by atoms with E-state index in [1.54, 1.807) is 0 Å². The molecule has 3 heteroatoms. The van der Waals surface area contributed by atoms with Crippen LogP contribution in [-0.2, 0) is 6.42 Å². The second-order valence-corrected chi connectivity index (χ2v) is 5.26. The highest BCUT2D eigenvalue weighted by molar-refractivity contribution is 5.95. The summed E-state index contributed by atoms with van der Waals surface area (Å²) in [6.07, 6.45) is 7.01. The van der Waals surface area contributed by atoms with Crippen LogP contribution in [0.25, 0.3) is 0 Å². The van der Waals surface area contributed by atoms with Gasteiger partial charge in [0.05, 0.1) is 0 Å². The standard InChI is InChI=1S/C17H28N2O/c1-4-7-8-13-18-16-12-11-14(9-5-2)17(19-16)15(20)10-6-3/h11-12H,4-10,13H2,1-3H3,(H,18,19). The zero-order valence-corrected chi connectivity index (χ0v) is 13.2. The molecule has 20 heavy (non-hydrogen) atoms. The van der Waals surface area contributed by atoms with Crippen molar-refractivity contribution >= 4 is 11.6 Å². The summed E-state index contributed by atoms with van der Waals surface area (Å²) in [6.45, 7) is 7.28. The highest BCUT2D eigenvalue weighted by Crippen LogP contribution is 2.16. The average Bonchev–Trinajstić information content (AvgIpc) is 2.45. The quantitative estimate of drug-likeness (QED) is 0.501. The lowest BCUT2D eigenvalue weighted by atomic mass is 10.0. The van der Waals surface area contributed by atoms with Crippen LogP contribution in [0.3, 0.4) is 0 Å². The number of Topliss-reactive ketones (excluding diaryl/α,β-unsaturated/α-hetero) is 1. The molecule has 0 bridgehead atoms. The first kappa shape index (κ1) is 16.7. The summed E-state index contributed by atoms with van der Waals surface area (Å²) in [5, 5.41) is 3.32. The molecule has 3 nitrogen and oxygen atoms in total. The molecule has 0 saturated carbocycles. The van der Waals surface area contributed by atoms with Crippen LogP contribution >= 0.6 is 0 Å². The Morgan fingerprint density at radius 1 is 1.10 bits per heavy atom. The van der Waals surface area contributed by atoms with Crippen molar-refractivity contribution in [3.8, 4) is 0 Å². The molecule has 0 saturated heterocycles. The van der Waals surface area contributed by atoms with Crippen LogP contribution in [0.2, 0.25) is 0 Å². The first-order chi connectivity index (χ1) is 9.72. The van der Waals surface area contributed by atoms with E-state index in [-0.39, 0.29) is 5.78 Å². The molecule has 0 spiro atoms. The highest BCUT2D eigenvalue weighted by atomic mass is 16.1. The minimum Gasteiger partial charge on any atom is -0.370 e. The molecule has 0 aliphatic rings. The van der Waals surface area contributed by atoms with Crippen molar-refractivity contribution in [1.29, 1.82) is 0 Å². The van der Waals surface area contributed by atoms with Crippen LogP contribution in [0.4, 0.5) is 5.82 Å². The van der Waals surface area contributed by atoms with Gasteiger partial charge in [-0.2, -0.15) is 0 Å². The lowest BCUT2D eigenvalue weighted by Gasteiger charge is -2.11. The number of hydrogen-bond donors (Lipinski definition) is 1. The lowest BCUT2D eigenvalue weighted by molar-refractivity contribution is 0.0976. The van der Waals surface area contributed by atoms with Crippen LogP contribution in [0.1, 0.15) is 75.3 Å². The van der Waals surface area contributed by atoms with Gasteiger partial charge in [-0.05, 0) is 30.9 Å². The first-order valence-corrected chi connectivity index (χ1v) is 7.99. The lowest BCUT2D eigenvalue weighted by Crippen LogP contribution is -2.10. The highest BCUT2D eigenvalue weighted by Gasteiger charge is 2.13. The summed E-state index contributed by atoms with van der Waals surface area (Å²) >= 11 is 0. The molecule has 0 aliphatic carbocycles. The van der Waals surface area contributed by atoms with Gasteiger partial charge in [0.25, 0.3) is 0 Å². The summed E-state index contributed by atoms with van der Waals surface area (Å²) in [6, 6.07) is 4.06. The predicted molar refractivity (Wildman–Crippen MR) is 85.5 cm³/mol. The Hall–Kier alpha value is -1.38. The number of ketones is 1. The Balaban J connectivity index is 2.78. The number of nitrogens with one attached hydrogen (secondary N) is 1. The summed E-state index contributed by atoms with van der Waals surface area (Å²) in [5.41, 5.74) is 1.76. The minimum atomic E-state index is 0.174. The van der Waals surface area contributed by atoms with E-state index in [1.807, 2.05) is 13.0 Å². The Morgan fingerprint density at radius 2 is 1.90 bits per heavy atom. The molecule has 0 aromatic carbocycles. The molecule has 0 aliphatic heterocycles. The molecule has 1 aromatic rings. The fourth-order valence-corrected chi connectivity index (χ4v) is 2.24. The number of pyridine rings is 1. The van der Waals surface area contributed by atoms with Crippen molar-refractivity contribution in [3.63, 3.8) is 0 Å². The largest absolute Gasteiger partial charge is 0.370 e. The Kier molecular flexibility index (Phi) is 7.93. The van der Waals surface area contributed by atoms with Crippen molar-refractivity contribution < 1.29 is 4.79 Å². The Bertz CT molecular complexity index is 415. The fraction of sp³-hybridized carbons (Fsp3) is 0.647. The minimum absolute atomic E-state index is 0.174. The molecule has 0 amide bonds. The number of rotatable bonds is 10. The molecular weight excluding hydrogens is 248 g/mol. The van der Waals surface area contributed by atoms with Gasteiger partial charge in [0.2, 0.25) is 0 Å². The molecule has 0 atom stereocenters. The summed E-state index contributed by atoms with van der Waals surface area (Å²) in [7, 11) is 0. The van der Waals surface area contributed by atoms with Gasteiger partial charge in [0, 0.05) is 13.0 Å². The molecular formula is C17H28N2O. The van der Waals surface area contributed by atoms with Gasteiger partial charge in [-0.3, -0.25) is 4.79 Å². The fourth-order valence-electron chi connectivity index (χ4n) is 2.24. The topological polar surface area (TPSA) is 42.0 Å². The molecule has 0 radical (unpaired) electrons. The SMILES string of the molecule is CCCCCNc1ccc(CCC)c(C(=O)CCC)n1. The summed E-state index contributed by atoms with van der Waals surface area (Å²) in [4.78, 5) is 16.7. The van der Waals surface area contributed by atoms with Crippen molar-refractivity contribution in [2.24, 2.45) is 0 Å². The van der Waals surface area contributed by atoms with Crippen molar-refractivity contribution in [2.45, 2.75) is 65.7 Å². The number of hydrogen-bond acceptors (Lipinski definition) is 3. The second kappa shape index (κ2) is 9.51. The van der Waals surface area contributed by atoms with Gasteiger partial charge in [0.15, 0.2) is 5.78 Å². The molecule has 1 N–H and O–H groups in total.